The van der Waals surface area contributed by atoms with E-state index in [2.05, 4.69) is 53.7 Å². The van der Waals surface area contributed by atoms with Crippen molar-refractivity contribution in [2.45, 2.75) is 11.5 Å². The van der Waals surface area contributed by atoms with Crippen LogP contribution in [0.25, 0.3) is 21.6 Å². The Labute approximate surface area is 201 Å². The van der Waals surface area contributed by atoms with Gasteiger partial charge in [-0.15, -0.1) is 23.1 Å². The molecule has 0 aliphatic carbocycles. The van der Waals surface area contributed by atoms with Crippen LogP contribution in [0.4, 0.5) is 0 Å². The van der Waals surface area contributed by atoms with Crippen molar-refractivity contribution < 1.29 is 19.3 Å². The molecule has 0 fully saturated rings. The molecule has 0 spiro atoms. The van der Waals surface area contributed by atoms with Crippen LogP contribution in [0.2, 0.25) is 0 Å². The van der Waals surface area contributed by atoms with Crippen molar-refractivity contribution in [3.63, 3.8) is 0 Å². The molecule has 0 atom stereocenters. The number of carbonyl (C=O) groups excluding carboxylic acids is 1. The van der Waals surface area contributed by atoms with Crippen LogP contribution in [0, 0.1) is 0 Å². The van der Waals surface area contributed by atoms with E-state index in [1.165, 1.54) is 4.90 Å². The van der Waals surface area contributed by atoms with Gasteiger partial charge in [0, 0.05) is 20.9 Å². The fraction of sp³-hybridized carbons (Fsp3) is 0.111. The summed E-state index contributed by atoms with van der Waals surface area (Å²) in [5, 5.41) is 2.08. The van der Waals surface area contributed by atoms with Crippen molar-refractivity contribution in [2.75, 3.05) is 13.0 Å². The number of hydrogen-bond donors (Lipinski definition) is 1. The normalized spacial score (nSPS) is 10.6. The van der Waals surface area contributed by atoms with Gasteiger partial charge in [0.05, 0.1) is 5.56 Å². The monoisotopic (exact) mass is 474 g/mol. The van der Waals surface area contributed by atoms with E-state index >= 15 is 0 Å². The van der Waals surface area contributed by atoms with Crippen LogP contribution in [0.1, 0.15) is 15.9 Å². The zero-order valence-electron chi connectivity index (χ0n) is 18.2. The van der Waals surface area contributed by atoms with Crippen LogP contribution >= 0.6 is 23.1 Å². The molecule has 33 heavy (non-hydrogen) atoms. The van der Waals surface area contributed by atoms with E-state index < -0.39 is 0 Å². The first kappa shape index (κ1) is 22.8. The van der Waals surface area contributed by atoms with Crippen molar-refractivity contribution in [3.05, 3.63) is 95.4 Å². The quantitative estimate of drug-likeness (QED) is 0.155. The van der Waals surface area contributed by atoms with E-state index in [0.29, 0.717) is 12.2 Å². The lowest BCUT2D eigenvalue weighted by Gasteiger charge is -2.14. The van der Waals surface area contributed by atoms with Gasteiger partial charge < -0.3 is 9.47 Å². The average molecular weight is 475 g/mol. The average Bonchev–Trinajstić information content (AvgIpc) is 3.36. The molecule has 4 nitrogen and oxygen atoms in total. The molecule has 166 valence electrons. The van der Waals surface area contributed by atoms with E-state index in [1.807, 2.05) is 36.4 Å². The second-order valence-corrected chi connectivity index (χ2v) is 9.00. The summed E-state index contributed by atoms with van der Waals surface area (Å²) in [4.78, 5) is 16.9. The smallest absolute Gasteiger partial charge is 0.342 e. The summed E-state index contributed by atoms with van der Waals surface area (Å²) < 4.78 is 11.3. The molecule has 6 heteroatoms. The first-order valence-corrected chi connectivity index (χ1v) is 12.5. The third kappa shape index (κ3) is 5.53. The van der Waals surface area contributed by atoms with Crippen molar-refractivity contribution in [1.82, 2.24) is 0 Å². The summed E-state index contributed by atoms with van der Waals surface area (Å²) in [5.41, 5.74) is 4.83. The third-order valence-corrected chi connectivity index (χ3v) is 6.76. The molecular formula is C27H24NO3S2+. The van der Waals surface area contributed by atoms with E-state index in [4.69, 9.17) is 9.47 Å². The molecule has 0 amide bonds. The van der Waals surface area contributed by atoms with Gasteiger partial charge in [0.1, 0.15) is 19.1 Å². The molecule has 1 N–H and O–H groups in total. The summed E-state index contributed by atoms with van der Waals surface area (Å²) in [5.74, 6) is 0.463. The topological polar surface area (TPSA) is 49.5 Å². The fourth-order valence-electron chi connectivity index (χ4n) is 3.41. The fourth-order valence-corrected chi connectivity index (χ4v) is 4.77. The Morgan fingerprint density at radius 2 is 1.79 bits per heavy atom. The summed E-state index contributed by atoms with van der Waals surface area (Å²) in [6.07, 6.45) is 2.07. The number of rotatable bonds is 9. The molecule has 0 saturated carbocycles. The SMILES string of the molecule is C=[NH+]COC(=O)c1ccc(-c2sccc2-c2cc(SC)ccc2OCc2ccccc2)cc1. The number of nitrogens with one attached hydrogen (secondary N) is 1. The second kappa shape index (κ2) is 11.0. The Bertz CT molecular complexity index is 1230. The Balaban J connectivity index is 1.64. The zero-order valence-corrected chi connectivity index (χ0v) is 19.9. The number of thioether (sulfide) groups is 1. The standard InChI is InChI=1S/C27H23NO3S2/c1-28-18-31-27(29)21-10-8-20(9-11-21)26-23(14-15-33-26)24-16-22(32-2)12-13-25(24)30-17-19-6-4-3-5-7-19/h3-16H,1,17-18H2,2H3/p+1. The molecule has 3 aromatic carbocycles. The molecule has 4 aromatic rings. The minimum atomic E-state index is -0.381. The largest absolute Gasteiger partial charge is 0.488 e. The lowest BCUT2D eigenvalue weighted by molar-refractivity contribution is -0.490. The summed E-state index contributed by atoms with van der Waals surface area (Å²) >= 11 is 3.37. The highest BCUT2D eigenvalue weighted by Gasteiger charge is 2.16. The molecule has 0 aliphatic rings. The van der Waals surface area contributed by atoms with Gasteiger partial charge in [0.15, 0.2) is 0 Å². The maximum Gasteiger partial charge on any atom is 0.342 e. The summed E-state index contributed by atoms with van der Waals surface area (Å²) in [6, 6.07) is 26.1. The molecule has 4 rings (SSSR count). The van der Waals surface area contributed by atoms with Gasteiger partial charge in [-0.1, -0.05) is 42.5 Å². The maximum atomic E-state index is 12.1. The third-order valence-electron chi connectivity index (χ3n) is 5.07. The van der Waals surface area contributed by atoms with Gasteiger partial charge in [-0.2, -0.15) is 0 Å². The molecular weight excluding hydrogens is 450 g/mol. The number of carbonyl (C=O) groups is 1. The number of benzene rings is 3. The Hall–Kier alpha value is -3.35. The van der Waals surface area contributed by atoms with Crippen LogP contribution in [-0.2, 0) is 11.3 Å². The van der Waals surface area contributed by atoms with Gasteiger partial charge >= 0.3 is 5.97 Å². The molecule has 0 radical (unpaired) electrons. The van der Waals surface area contributed by atoms with Crippen molar-refractivity contribution >= 4 is 35.8 Å². The Morgan fingerprint density at radius 3 is 2.52 bits per heavy atom. The Morgan fingerprint density at radius 1 is 1.00 bits per heavy atom. The van der Waals surface area contributed by atoms with Gasteiger partial charge in [-0.25, -0.2) is 9.79 Å². The van der Waals surface area contributed by atoms with Crippen molar-refractivity contribution in [2.24, 2.45) is 0 Å². The molecule has 0 unspecified atom stereocenters. The van der Waals surface area contributed by atoms with E-state index in [1.54, 1.807) is 35.2 Å². The molecule has 1 heterocycles. The lowest BCUT2D eigenvalue weighted by Crippen LogP contribution is -2.67. The number of esters is 1. The van der Waals surface area contributed by atoms with Crippen LogP contribution < -0.4 is 9.73 Å². The minimum absolute atomic E-state index is 0.0766. The maximum absolute atomic E-state index is 12.1. The highest BCUT2D eigenvalue weighted by atomic mass is 32.2. The highest BCUT2D eigenvalue weighted by Crippen LogP contribution is 2.42. The van der Waals surface area contributed by atoms with E-state index in [9.17, 15) is 4.79 Å². The second-order valence-electron chi connectivity index (χ2n) is 7.20. The van der Waals surface area contributed by atoms with Crippen LogP contribution in [-0.4, -0.2) is 25.7 Å². The van der Waals surface area contributed by atoms with Crippen molar-refractivity contribution in [3.8, 4) is 27.3 Å². The van der Waals surface area contributed by atoms with Crippen LogP contribution in [0.15, 0.2) is 89.1 Å². The van der Waals surface area contributed by atoms with Gasteiger partial charge in [0.2, 0.25) is 0 Å². The zero-order chi connectivity index (χ0) is 23.0. The molecule has 0 aliphatic heterocycles. The van der Waals surface area contributed by atoms with Crippen LogP contribution in [0.3, 0.4) is 0 Å². The molecule has 0 saturated heterocycles. The van der Waals surface area contributed by atoms with Gasteiger partial charge in [-0.05, 0) is 59.2 Å². The summed E-state index contributed by atoms with van der Waals surface area (Å²) in [6.45, 7) is 4.03. The first-order chi connectivity index (χ1) is 16.2. The number of hydrogen-bond acceptors (Lipinski definition) is 5. The highest BCUT2D eigenvalue weighted by molar-refractivity contribution is 7.98. The van der Waals surface area contributed by atoms with Gasteiger partial charge in [0.25, 0.3) is 6.73 Å². The predicted molar refractivity (Wildman–Crippen MR) is 136 cm³/mol. The van der Waals surface area contributed by atoms with E-state index in [-0.39, 0.29) is 12.7 Å². The van der Waals surface area contributed by atoms with Crippen LogP contribution in [0.5, 0.6) is 5.75 Å². The first-order valence-electron chi connectivity index (χ1n) is 10.4. The van der Waals surface area contributed by atoms with E-state index in [0.717, 1.165) is 32.9 Å². The molecule has 1 aromatic heterocycles. The number of ether oxygens (including phenoxy) is 2. The van der Waals surface area contributed by atoms with Gasteiger partial charge in [-0.3, -0.25) is 0 Å². The number of thiophene rings is 1. The predicted octanol–water partition coefficient (Wildman–Crippen LogP) is 5.28. The Kier molecular flexibility index (Phi) is 7.60. The minimum Gasteiger partial charge on any atom is -0.488 e. The molecule has 0 bridgehead atoms. The van der Waals surface area contributed by atoms with Crippen molar-refractivity contribution in [1.29, 1.82) is 0 Å². The summed E-state index contributed by atoms with van der Waals surface area (Å²) in [7, 11) is 0. The lowest BCUT2D eigenvalue weighted by atomic mass is 10.0.